The maximum atomic E-state index is 10.7. The van der Waals surface area contributed by atoms with E-state index in [4.69, 9.17) is 10.8 Å². The predicted molar refractivity (Wildman–Crippen MR) is 45.6 cm³/mol. The summed E-state index contributed by atoms with van der Waals surface area (Å²) in [7, 11) is 0. The average Bonchev–Trinajstić information content (AvgIpc) is 2.15. The first-order chi connectivity index (χ1) is 5.54. The molecule has 64 valence electrons. The molecule has 1 unspecified atom stereocenters. The lowest BCUT2D eigenvalue weighted by Gasteiger charge is -2.13. The highest BCUT2D eigenvalue weighted by molar-refractivity contribution is 5.94. The summed E-state index contributed by atoms with van der Waals surface area (Å²) >= 11 is 0. The fraction of sp³-hybridized carbons (Fsp3) is 0.250. The van der Waals surface area contributed by atoms with Crippen LogP contribution >= 0.6 is 0 Å². The number of aliphatic carboxylic acids is 1. The van der Waals surface area contributed by atoms with E-state index in [1.165, 1.54) is 24.4 Å². The molecule has 0 spiro atoms. The second-order valence-corrected chi connectivity index (χ2v) is 2.79. The van der Waals surface area contributed by atoms with Crippen LogP contribution in [0.15, 0.2) is 29.4 Å². The minimum Gasteiger partial charge on any atom is -0.480 e. The normalized spacial score (nSPS) is 27.9. The predicted octanol–water partition coefficient (Wildman–Crippen LogP) is 0.518. The van der Waals surface area contributed by atoms with Crippen molar-refractivity contribution in [2.24, 2.45) is 16.1 Å². The lowest BCUT2D eigenvalue weighted by molar-refractivity contribution is -0.142. The van der Waals surface area contributed by atoms with Crippen LogP contribution in [0, 0.1) is 5.41 Å². The Morgan fingerprint density at radius 1 is 1.67 bits per heavy atom. The number of carbonyl (C=O) groups is 1. The highest BCUT2D eigenvalue weighted by Crippen LogP contribution is 2.21. The van der Waals surface area contributed by atoms with E-state index in [0.717, 1.165) is 0 Å². The number of carboxylic acid groups (broad SMARTS) is 1. The Morgan fingerprint density at radius 3 is 2.92 bits per heavy atom. The molecule has 3 N–H and O–H groups in total. The number of rotatable bonds is 1. The molecule has 0 fully saturated rings. The van der Waals surface area contributed by atoms with Gasteiger partial charge in [0.1, 0.15) is 11.3 Å². The van der Waals surface area contributed by atoms with Crippen molar-refractivity contribution >= 4 is 11.8 Å². The van der Waals surface area contributed by atoms with Crippen molar-refractivity contribution < 1.29 is 9.90 Å². The fourth-order valence-electron chi connectivity index (χ4n) is 0.778. The minimum absolute atomic E-state index is 0.316. The number of nitrogens with zero attached hydrogens (tertiary/aromatic N) is 1. The summed E-state index contributed by atoms with van der Waals surface area (Å²) in [5.74, 6) is -0.601. The van der Waals surface area contributed by atoms with Crippen molar-refractivity contribution in [3.8, 4) is 0 Å². The zero-order chi connectivity index (χ0) is 9.19. The van der Waals surface area contributed by atoms with Gasteiger partial charge in [0, 0.05) is 6.20 Å². The Hall–Kier alpha value is -1.58. The SMILES string of the molecule is CC1(C(=O)O)C=CN=C(N)C=C1. The molecule has 0 aromatic carbocycles. The van der Waals surface area contributed by atoms with Crippen molar-refractivity contribution in [3.63, 3.8) is 0 Å². The van der Waals surface area contributed by atoms with E-state index >= 15 is 0 Å². The molecule has 0 radical (unpaired) electrons. The number of aliphatic imine (C=N–C) groups is 1. The van der Waals surface area contributed by atoms with Crippen molar-refractivity contribution in [1.29, 1.82) is 0 Å². The minimum atomic E-state index is -0.995. The summed E-state index contributed by atoms with van der Waals surface area (Å²) in [5, 5.41) is 8.81. The molecular formula is C8H10N2O2. The quantitative estimate of drug-likeness (QED) is 0.596. The van der Waals surface area contributed by atoms with Crippen LogP contribution in [0.2, 0.25) is 0 Å². The number of hydrogen-bond acceptors (Lipinski definition) is 3. The maximum Gasteiger partial charge on any atom is 0.317 e. The van der Waals surface area contributed by atoms with Crippen molar-refractivity contribution in [3.05, 3.63) is 24.4 Å². The van der Waals surface area contributed by atoms with E-state index < -0.39 is 11.4 Å². The number of nitrogens with two attached hydrogens (primary N) is 1. The molecule has 0 aromatic heterocycles. The van der Waals surface area contributed by atoms with Gasteiger partial charge in [-0.2, -0.15) is 0 Å². The summed E-state index contributed by atoms with van der Waals surface area (Å²) in [6.07, 6.45) is 5.90. The van der Waals surface area contributed by atoms with E-state index in [1.54, 1.807) is 6.92 Å². The molecule has 0 aromatic rings. The monoisotopic (exact) mass is 166 g/mol. The highest BCUT2D eigenvalue weighted by Gasteiger charge is 2.27. The molecular weight excluding hydrogens is 156 g/mol. The van der Waals surface area contributed by atoms with Gasteiger partial charge in [0.05, 0.1) is 0 Å². The third-order valence-electron chi connectivity index (χ3n) is 1.71. The van der Waals surface area contributed by atoms with Crippen LogP contribution < -0.4 is 5.73 Å². The van der Waals surface area contributed by atoms with Crippen LogP contribution in [0.4, 0.5) is 0 Å². The second kappa shape index (κ2) is 2.81. The fourth-order valence-corrected chi connectivity index (χ4v) is 0.778. The molecule has 1 heterocycles. The van der Waals surface area contributed by atoms with E-state index in [9.17, 15) is 4.79 Å². The molecule has 0 aliphatic carbocycles. The van der Waals surface area contributed by atoms with Crippen LogP contribution in [-0.2, 0) is 4.79 Å². The Labute approximate surface area is 70.1 Å². The Kier molecular flexibility index (Phi) is 1.99. The van der Waals surface area contributed by atoms with Gasteiger partial charge >= 0.3 is 5.97 Å². The zero-order valence-corrected chi connectivity index (χ0v) is 6.69. The summed E-state index contributed by atoms with van der Waals surface area (Å²) in [5.41, 5.74) is 4.38. The van der Waals surface area contributed by atoms with Gasteiger partial charge in [0.15, 0.2) is 0 Å². The van der Waals surface area contributed by atoms with Crippen molar-refractivity contribution in [1.82, 2.24) is 0 Å². The number of hydrogen-bond donors (Lipinski definition) is 2. The molecule has 1 rings (SSSR count). The molecule has 0 amide bonds. The Bertz CT molecular complexity index is 291. The smallest absolute Gasteiger partial charge is 0.317 e. The summed E-state index contributed by atoms with van der Waals surface area (Å²) in [4.78, 5) is 14.5. The van der Waals surface area contributed by atoms with Crippen LogP contribution in [0.1, 0.15) is 6.92 Å². The molecule has 0 saturated heterocycles. The van der Waals surface area contributed by atoms with Gasteiger partial charge in [0.25, 0.3) is 0 Å². The van der Waals surface area contributed by atoms with E-state index in [2.05, 4.69) is 4.99 Å². The van der Waals surface area contributed by atoms with Crippen molar-refractivity contribution in [2.75, 3.05) is 0 Å². The molecule has 1 aliphatic rings. The Morgan fingerprint density at radius 2 is 2.33 bits per heavy atom. The first kappa shape index (κ1) is 8.52. The van der Waals surface area contributed by atoms with Crippen LogP contribution in [0.3, 0.4) is 0 Å². The summed E-state index contributed by atoms with van der Waals surface area (Å²) in [6.45, 7) is 1.58. The van der Waals surface area contributed by atoms with Crippen LogP contribution in [-0.4, -0.2) is 16.9 Å². The Balaban J connectivity index is 3.00. The molecule has 12 heavy (non-hydrogen) atoms. The topological polar surface area (TPSA) is 75.7 Å². The van der Waals surface area contributed by atoms with Gasteiger partial charge in [-0.3, -0.25) is 4.79 Å². The van der Waals surface area contributed by atoms with Crippen LogP contribution in [0.5, 0.6) is 0 Å². The number of carboxylic acids is 1. The summed E-state index contributed by atoms with van der Waals surface area (Å²) in [6, 6.07) is 0. The van der Waals surface area contributed by atoms with E-state index in [0.29, 0.717) is 5.84 Å². The maximum absolute atomic E-state index is 10.7. The third-order valence-corrected chi connectivity index (χ3v) is 1.71. The molecule has 1 aliphatic heterocycles. The van der Waals surface area contributed by atoms with Crippen molar-refractivity contribution in [2.45, 2.75) is 6.92 Å². The van der Waals surface area contributed by atoms with E-state index in [1.807, 2.05) is 0 Å². The average molecular weight is 166 g/mol. The van der Waals surface area contributed by atoms with Gasteiger partial charge in [0.2, 0.25) is 0 Å². The lowest BCUT2D eigenvalue weighted by atomic mass is 9.90. The van der Waals surface area contributed by atoms with Gasteiger partial charge in [-0.05, 0) is 19.1 Å². The molecule has 1 atom stereocenters. The zero-order valence-electron chi connectivity index (χ0n) is 6.69. The highest BCUT2D eigenvalue weighted by atomic mass is 16.4. The number of amidine groups is 1. The molecule has 0 bridgehead atoms. The lowest BCUT2D eigenvalue weighted by Crippen LogP contribution is -2.22. The molecule has 4 heteroatoms. The summed E-state index contributed by atoms with van der Waals surface area (Å²) < 4.78 is 0. The second-order valence-electron chi connectivity index (χ2n) is 2.79. The molecule has 4 nitrogen and oxygen atoms in total. The first-order valence-corrected chi connectivity index (χ1v) is 3.48. The third kappa shape index (κ3) is 1.53. The van der Waals surface area contributed by atoms with Crippen LogP contribution in [0.25, 0.3) is 0 Å². The van der Waals surface area contributed by atoms with Gasteiger partial charge < -0.3 is 10.8 Å². The first-order valence-electron chi connectivity index (χ1n) is 3.48. The van der Waals surface area contributed by atoms with Gasteiger partial charge in [-0.25, -0.2) is 4.99 Å². The largest absolute Gasteiger partial charge is 0.480 e. The van der Waals surface area contributed by atoms with E-state index in [-0.39, 0.29) is 0 Å². The standard InChI is InChI=1S/C8H10N2O2/c1-8(7(11)12)3-2-6(9)10-5-4-8/h2-5H,1H3,(H2,9,10)(H,11,12). The van der Waals surface area contributed by atoms with Gasteiger partial charge in [-0.15, -0.1) is 0 Å². The van der Waals surface area contributed by atoms with Gasteiger partial charge in [-0.1, -0.05) is 6.08 Å². The molecule has 0 saturated carbocycles.